The highest BCUT2D eigenvalue weighted by molar-refractivity contribution is 7.11. The van der Waals surface area contributed by atoms with Gasteiger partial charge >= 0.3 is 18.0 Å². The van der Waals surface area contributed by atoms with Crippen molar-refractivity contribution in [1.29, 1.82) is 0 Å². The molecule has 19 heteroatoms. The van der Waals surface area contributed by atoms with Gasteiger partial charge in [-0.25, -0.2) is 23.8 Å². The summed E-state index contributed by atoms with van der Waals surface area (Å²) in [5.74, 6) is -1.19. The number of methoxy groups -OCH3 is 2. The predicted molar refractivity (Wildman–Crippen MR) is 226 cm³/mol. The third-order valence-electron chi connectivity index (χ3n) is 11.2. The van der Waals surface area contributed by atoms with E-state index in [9.17, 15) is 28.7 Å². The minimum absolute atomic E-state index is 0.117. The number of amides is 3. The maximum absolute atomic E-state index is 14.1. The van der Waals surface area contributed by atoms with E-state index in [-0.39, 0.29) is 35.6 Å². The quantitative estimate of drug-likeness (QED) is 0.125. The number of likely N-dealkylation sites (tertiary alicyclic amines) is 1. The van der Waals surface area contributed by atoms with Crippen LogP contribution < -0.4 is 15.0 Å². The molecule has 4 aromatic rings. The molecule has 3 aromatic carbocycles. The van der Waals surface area contributed by atoms with Gasteiger partial charge in [0.2, 0.25) is 0 Å². The summed E-state index contributed by atoms with van der Waals surface area (Å²) in [6.45, 7) is 3.07. The zero-order valence-corrected chi connectivity index (χ0v) is 35.3. The fraction of sp³-hybridized carbons (Fsp3) is 0.349. The molecule has 4 atom stereocenters. The Morgan fingerprint density at radius 3 is 2.42 bits per heavy atom. The summed E-state index contributed by atoms with van der Waals surface area (Å²) in [5, 5.41) is 15.6. The molecule has 0 spiro atoms. The number of fused-ring (bicyclic) bond motifs is 1. The zero-order valence-electron chi connectivity index (χ0n) is 33.7. The van der Waals surface area contributed by atoms with Crippen LogP contribution in [0.1, 0.15) is 33.4 Å². The summed E-state index contributed by atoms with van der Waals surface area (Å²) in [5.41, 5.74) is 2.25. The van der Waals surface area contributed by atoms with Gasteiger partial charge in [0.15, 0.2) is 10.8 Å². The molecule has 2 N–H and O–H groups in total. The van der Waals surface area contributed by atoms with Crippen molar-refractivity contribution in [2.75, 3.05) is 71.6 Å². The van der Waals surface area contributed by atoms with Gasteiger partial charge in [-0.2, -0.15) is 0 Å². The number of hydrogen-bond donors (Lipinski definition) is 2. The van der Waals surface area contributed by atoms with Gasteiger partial charge in [0.05, 0.1) is 38.0 Å². The number of halogens is 2. The maximum Gasteiger partial charge on any atom is 0.338 e. The lowest BCUT2D eigenvalue weighted by atomic mass is 9.95. The van der Waals surface area contributed by atoms with Crippen LogP contribution in [-0.2, 0) is 23.8 Å². The monoisotopic (exact) mass is 887 g/mol. The number of urea groups is 1. The average Bonchev–Trinajstić information content (AvgIpc) is 4.04. The molecule has 3 amide bonds. The van der Waals surface area contributed by atoms with E-state index in [1.165, 1.54) is 41.5 Å². The van der Waals surface area contributed by atoms with Crippen molar-refractivity contribution < 1.29 is 47.6 Å². The van der Waals surface area contributed by atoms with E-state index < -0.39 is 41.9 Å². The highest BCUT2D eigenvalue weighted by atomic mass is 35.5. The van der Waals surface area contributed by atoms with Gasteiger partial charge in [0, 0.05) is 91.9 Å². The Kier molecular flexibility index (Phi) is 12.8. The number of carbonyl (C=O) groups excluding carboxylic acids is 3. The van der Waals surface area contributed by atoms with Gasteiger partial charge < -0.3 is 39.2 Å². The van der Waals surface area contributed by atoms with Crippen LogP contribution in [0, 0.1) is 5.82 Å². The number of ether oxygens (including phenoxy) is 4. The Labute approximate surface area is 365 Å². The molecule has 62 heavy (non-hydrogen) atoms. The van der Waals surface area contributed by atoms with Gasteiger partial charge in [0.1, 0.15) is 29.4 Å². The number of aliphatic carboxylic acids is 1. The number of nitrogens with one attached hydrogen (secondary N) is 1. The van der Waals surface area contributed by atoms with Crippen LogP contribution in [0.2, 0.25) is 5.02 Å². The molecule has 0 aliphatic carbocycles. The number of amidine groups is 1. The molecule has 0 bridgehead atoms. The summed E-state index contributed by atoms with van der Waals surface area (Å²) in [6, 6.07) is 15.5. The van der Waals surface area contributed by atoms with E-state index in [4.69, 9.17) is 35.5 Å². The summed E-state index contributed by atoms with van der Waals surface area (Å²) in [6.07, 6.45) is 1.45. The molecule has 4 aliphatic rings. The molecule has 16 nitrogen and oxygen atoms in total. The number of carboxylic acids is 1. The number of carbonyl (C=O) groups is 4. The van der Waals surface area contributed by atoms with E-state index in [0.717, 1.165) is 0 Å². The van der Waals surface area contributed by atoms with Crippen LogP contribution >= 0.6 is 22.9 Å². The molecule has 3 saturated heterocycles. The van der Waals surface area contributed by atoms with Crippen LogP contribution in [0.25, 0.3) is 0 Å². The first-order valence-corrected chi connectivity index (χ1v) is 21.1. The normalized spacial score (nSPS) is 21.5. The summed E-state index contributed by atoms with van der Waals surface area (Å²) >= 11 is 7.90. The molecule has 3 fully saturated rings. The van der Waals surface area contributed by atoms with Crippen LogP contribution in [0.3, 0.4) is 0 Å². The number of piperazine rings is 1. The number of aliphatic imine (C=N–C) groups is 1. The van der Waals surface area contributed by atoms with Crippen molar-refractivity contribution >= 4 is 58.3 Å². The van der Waals surface area contributed by atoms with Crippen molar-refractivity contribution in [3.8, 4) is 11.5 Å². The molecule has 8 rings (SSSR count). The summed E-state index contributed by atoms with van der Waals surface area (Å²) < 4.78 is 36.1. The van der Waals surface area contributed by atoms with E-state index in [0.29, 0.717) is 90.8 Å². The van der Waals surface area contributed by atoms with Crippen molar-refractivity contribution in [2.24, 2.45) is 4.99 Å². The second-order valence-electron chi connectivity index (χ2n) is 15.0. The van der Waals surface area contributed by atoms with E-state index >= 15 is 0 Å². The Hall–Kier alpha value is -5.92. The van der Waals surface area contributed by atoms with Crippen LogP contribution in [0.15, 0.2) is 94.6 Å². The molecular weight excluding hydrogens is 845 g/mol. The molecular formula is C43H43ClFN7O9S. The first kappa shape index (κ1) is 42.8. The maximum atomic E-state index is 14.1. The van der Waals surface area contributed by atoms with Crippen LogP contribution in [-0.4, -0.2) is 139 Å². The predicted octanol–water partition coefficient (Wildman–Crippen LogP) is 5.20. The third kappa shape index (κ3) is 9.00. The summed E-state index contributed by atoms with van der Waals surface area (Å²) in [7, 11) is 2.84. The number of rotatable bonds is 14. The highest BCUT2D eigenvalue weighted by Gasteiger charge is 2.43. The molecule has 0 radical (unpaired) electrons. The Morgan fingerprint density at radius 2 is 1.74 bits per heavy atom. The van der Waals surface area contributed by atoms with Crippen molar-refractivity contribution in [2.45, 2.75) is 30.7 Å². The average molecular weight is 888 g/mol. The van der Waals surface area contributed by atoms with Crippen LogP contribution in [0.4, 0.5) is 14.9 Å². The third-order valence-corrected chi connectivity index (χ3v) is 12.3. The highest BCUT2D eigenvalue weighted by Crippen LogP contribution is 2.38. The minimum atomic E-state index is -1.09. The van der Waals surface area contributed by atoms with Crippen molar-refractivity contribution in [1.82, 2.24) is 25.0 Å². The van der Waals surface area contributed by atoms with Gasteiger partial charge in [-0.05, 0) is 60.7 Å². The van der Waals surface area contributed by atoms with Crippen molar-refractivity contribution in [3.63, 3.8) is 0 Å². The molecule has 1 aromatic heterocycles. The number of esters is 1. The van der Waals surface area contributed by atoms with Crippen molar-refractivity contribution in [3.05, 3.63) is 117 Å². The molecule has 0 unspecified atom stereocenters. The molecule has 5 heterocycles. The Bertz CT molecular complexity index is 2380. The number of nitrogens with zero attached hydrogens (tertiary/aromatic N) is 6. The Balaban J connectivity index is 0.916. The van der Waals surface area contributed by atoms with E-state index in [1.54, 1.807) is 54.6 Å². The number of thiazole rings is 1. The zero-order chi connectivity index (χ0) is 43.5. The second kappa shape index (κ2) is 18.6. The number of aromatic nitrogens is 1. The first-order chi connectivity index (χ1) is 30.0. The molecule has 4 aliphatic heterocycles. The SMILES string of the molecule is COCCO[C@H]1C[C@H](C(=O)O)N(C(=O)c2ccc(Oc3ccc(N4C[C@@H]5CN(CC6=C(C(=O)OC)[C@H](c7ccc(F)cc7Cl)N=C(c7nccs7)N6)CCN5C4=O)cc3)cc2)C1. The minimum Gasteiger partial charge on any atom is -0.480 e. The van der Waals surface area contributed by atoms with E-state index in [2.05, 4.69) is 15.2 Å². The standard InChI is InChI=1S/C43H43ClFN7O9S/c1-58-16-17-60-31-20-35(41(54)55)52(23-31)40(53)25-3-8-29(9-4-25)61-30-10-6-27(7-11-30)51-22-28-21-49(14-15-50(28)43(51)57)24-34-36(42(56)59-2)37(32-12-5-26(45)19-33(32)44)48-38(47-34)39-46-13-18-62-39/h3-13,18-19,28,31,35,37H,14-17,20-24H2,1-2H3,(H,47,48)(H,54,55)/t28-,31-,35+,37-/m0/s1. The lowest BCUT2D eigenvalue weighted by Crippen LogP contribution is -2.53. The van der Waals surface area contributed by atoms with E-state index in [1.807, 2.05) is 22.4 Å². The fourth-order valence-electron chi connectivity index (χ4n) is 8.16. The topological polar surface area (TPSA) is 176 Å². The van der Waals surface area contributed by atoms with Gasteiger partial charge in [-0.15, -0.1) is 11.3 Å². The molecule has 324 valence electrons. The van der Waals surface area contributed by atoms with Crippen LogP contribution in [0.5, 0.6) is 11.5 Å². The Morgan fingerprint density at radius 1 is 0.984 bits per heavy atom. The van der Waals surface area contributed by atoms with Gasteiger partial charge in [-0.1, -0.05) is 17.7 Å². The number of carboxylic acid groups (broad SMARTS) is 1. The first-order valence-electron chi connectivity index (χ1n) is 19.8. The lowest BCUT2D eigenvalue weighted by Gasteiger charge is -2.38. The number of benzene rings is 3. The number of hydrogen-bond acceptors (Lipinski definition) is 13. The number of anilines is 1. The second-order valence-corrected chi connectivity index (χ2v) is 16.3. The van der Waals surface area contributed by atoms with Gasteiger partial charge in [0.25, 0.3) is 5.91 Å². The lowest BCUT2D eigenvalue weighted by molar-refractivity contribution is -0.141. The largest absolute Gasteiger partial charge is 0.480 e. The molecule has 0 saturated carbocycles. The van der Waals surface area contributed by atoms with Gasteiger partial charge in [-0.3, -0.25) is 19.6 Å². The summed E-state index contributed by atoms with van der Waals surface area (Å²) in [4.78, 5) is 68.7. The smallest absolute Gasteiger partial charge is 0.338 e. The fourth-order valence-corrected chi connectivity index (χ4v) is 9.02.